The van der Waals surface area contributed by atoms with Crippen LogP contribution in [-0.4, -0.2) is 56.4 Å². The topological polar surface area (TPSA) is 172 Å². The molecule has 1 atom stereocenters. The number of allylic oxidation sites excluding steroid dienone is 1. The first-order valence-electron chi connectivity index (χ1n) is 10.5. The van der Waals surface area contributed by atoms with Crippen molar-refractivity contribution in [2.75, 3.05) is 26.2 Å². The normalized spacial score (nSPS) is 15.2. The van der Waals surface area contributed by atoms with Gasteiger partial charge >= 0.3 is 25.0 Å². The van der Waals surface area contributed by atoms with Gasteiger partial charge in [-0.1, -0.05) is 36.4 Å². The summed E-state index contributed by atoms with van der Waals surface area (Å²) in [5.41, 5.74) is 5.65. The average molecular weight is 491 g/mol. The van der Waals surface area contributed by atoms with Gasteiger partial charge in [-0.25, -0.2) is 14.4 Å². The number of esters is 3. The maximum Gasteiger partial charge on any atom is 0.490 e. The molecule has 36 heavy (non-hydrogen) atoms. The predicted molar refractivity (Wildman–Crippen MR) is 127 cm³/mol. The largest absolute Gasteiger partial charge is 0.490 e. The second-order valence-corrected chi connectivity index (χ2v) is 7.47. The molecular formula is C24H22BN3O8. The third-order valence-corrected chi connectivity index (χ3v) is 5.58. The van der Waals surface area contributed by atoms with E-state index in [0.717, 1.165) is 26.2 Å². The molecular weight excluding hydrogens is 469 g/mol. The zero-order valence-corrected chi connectivity index (χ0v) is 19.6. The van der Waals surface area contributed by atoms with Gasteiger partial charge in [-0.15, -0.1) is 0 Å². The highest BCUT2D eigenvalue weighted by molar-refractivity contribution is 6.60. The van der Waals surface area contributed by atoms with Crippen molar-refractivity contribution in [1.29, 1.82) is 5.26 Å². The molecule has 1 unspecified atom stereocenters. The Kier molecular flexibility index (Phi) is 7.78. The number of benzene rings is 2. The van der Waals surface area contributed by atoms with Gasteiger partial charge in [0.25, 0.3) is 0 Å². The van der Waals surface area contributed by atoms with Crippen LogP contribution in [0.2, 0.25) is 0 Å². The lowest BCUT2D eigenvalue weighted by atomic mass is 9.76. The van der Waals surface area contributed by atoms with Crippen LogP contribution in [0.1, 0.15) is 21.8 Å². The van der Waals surface area contributed by atoms with Crippen LogP contribution < -0.4 is 16.1 Å². The van der Waals surface area contributed by atoms with Crippen molar-refractivity contribution in [3.63, 3.8) is 0 Å². The van der Waals surface area contributed by atoms with Crippen LogP contribution in [0.4, 0.5) is 5.69 Å². The van der Waals surface area contributed by atoms with E-state index in [1.807, 2.05) is 6.07 Å². The molecule has 1 aliphatic heterocycles. The molecule has 12 heteroatoms. The summed E-state index contributed by atoms with van der Waals surface area (Å²) in [7, 11) is 1.24. The average Bonchev–Trinajstić information content (AvgIpc) is 2.90. The van der Waals surface area contributed by atoms with Crippen molar-refractivity contribution in [2.24, 2.45) is 5.73 Å². The van der Waals surface area contributed by atoms with Crippen molar-refractivity contribution in [3.05, 3.63) is 82.3 Å². The van der Waals surface area contributed by atoms with Crippen molar-refractivity contribution < 1.29 is 38.6 Å². The lowest BCUT2D eigenvalue weighted by Gasteiger charge is -2.36. The zero-order chi connectivity index (χ0) is 26.6. The minimum absolute atomic E-state index is 0.0303. The first-order valence-corrected chi connectivity index (χ1v) is 10.5. The van der Waals surface area contributed by atoms with Crippen molar-refractivity contribution in [1.82, 2.24) is 0 Å². The maximum absolute atomic E-state index is 13.1. The minimum atomic E-state index is -2.09. The highest BCUT2D eigenvalue weighted by Crippen LogP contribution is 2.43. The van der Waals surface area contributed by atoms with Crippen LogP contribution in [0.25, 0.3) is 0 Å². The molecule has 0 fully saturated rings. The molecule has 1 heterocycles. The highest BCUT2D eigenvalue weighted by Gasteiger charge is 2.44. The molecule has 0 saturated heterocycles. The molecule has 0 spiro atoms. The summed E-state index contributed by atoms with van der Waals surface area (Å²) in [4.78, 5) is 39.4. The van der Waals surface area contributed by atoms with E-state index in [2.05, 4.69) is 0 Å². The maximum atomic E-state index is 13.1. The first kappa shape index (κ1) is 26.0. The van der Waals surface area contributed by atoms with Gasteiger partial charge in [0.1, 0.15) is 11.5 Å². The lowest BCUT2D eigenvalue weighted by molar-refractivity contribution is -0.139. The van der Waals surface area contributed by atoms with E-state index in [-0.39, 0.29) is 33.7 Å². The Bertz CT molecular complexity index is 1310. The Morgan fingerprint density at radius 2 is 1.58 bits per heavy atom. The molecule has 4 N–H and O–H groups in total. The third kappa shape index (κ3) is 4.53. The number of anilines is 1. The van der Waals surface area contributed by atoms with Gasteiger partial charge in [-0.2, -0.15) is 5.26 Å². The number of carbonyl (C=O) groups excluding carboxylic acids is 3. The highest BCUT2D eigenvalue weighted by atomic mass is 16.5. The second-order valence-electron chi connectivity index (χ2n) is 7.47. The lowest BCUT2D eigenvalue weighted by Crippen LogP contribution is -2.45. The molecule has 0 radical (unpaired) electrons. The Labute approximate surface area is 206 Å². The predicted octanol–water partition coefficient (Wildman–Crippen LogP) is 0.0508. The molecule has 1 aliphatic rings. The molecule has 0 bridgehead atoms. The van der Waals surface area contributed by atoms with Gasteiger partial charge in [-0.05, 0) is 17.7 Å². The summed E-state index contributed by atoms with van der Waals surface area (Å²) in [5.74, 6) is -4.17. The number of nitrogens with two attached hydrogens (primary N) is 1. The Morgan fingerprint density at radius 1 is 0.972 bits per heavy atom. The van der Waals surface area contributed by atoms with Crippen molar-refractivity contribution in [2.45, 2.75) is 5.92 Å². The number of methoxy groups -OCH3 is 3. The molecule has 11 nitrogen and oxygen atoms in total. The summed E-state index contributed by atoms with van der Waals surface area (Å²) in [5, 5.41) is 30.2. The number of ether oxygens (including phenoxy) is 3. The summed E-state index contributed by atoms with van der Waals surface area (Å²) < 4.78 is 14.6. The van der Waals surface area contributed by atoms with E-state index >= 15 is 0 Å². The third-order valence-electron chi connectivity index (χ3n) is 5.58. The fourth-order valence-corrected chi connectivity index (χ4v) is 3.96. The Balaban J connectivity index is 2.49. The smallest absolute Gasteiger partial charge is 0.466 e. The van der Waals surface area contributed by atoms with Gasteiger partial charge in [0, 0.05) is 11.2 Å². The number of carbonyl (C=O) groups is 3. The molecule has 0 amide bonds. The van der Waals surface area contributed by atoms with E-state index in [9.17, 15) is 29.7 Å². The molecule has 184 valence electrons. The van der Waals surface area contributed by atoms with E-state index in [1.54, 1.807) is 30.3 Å². The summed E-state index contributed by atoms with van der Waals surface area (Å²) >= 11 is 0. The SMILES string of the molecule is COC(=O)C1=C(C(=O)OC)N(c2cc(C(=O)OC)ccc2B(O)O)C(N)=C(C#N)C1c1ccccc1. The van der Waals surface area contributed by atoms with Crippen LogP contribution >= 0.6 is 0 Å². The summed E-state index contributed by atoms with van der Waals surface area (Å²) in [6.45, 7) is 0. The van der Waals surface area contributed by atoms with Gasteiger partial charge < -0.3 is 30.0 Å². The van der Waals surface area contributed by atoms with Crippen LogP contribution in [0.3, 0.4) is 0 Å². The van der Waals surface area contributed by atoms with Gasteiger partial charge in [0.2, 0.25) is 0 Å². The van der Waals surface area contributed by atoms with Gasteiger partial charge in [0.05, 0.1) is 50.0 Å². The summed E-state index contributed by atoms with van der Waals surface area (Å²) in [6, 6.07) is 14.0. The quantitative estimate of drug-likeness (QED) is 0.283. The van der Waals surface area contributed by atoms with E-state index < -0.39 is 36.6 Å². The monoisotopic (exact) mass is 491 g/mol. The Hall–Kier alpha value is -4.60. The number of hydrogen-bond donors (Lipinski definition) is 3. The number of nitrogens with zero attached hydrogens (tertiary/aromatic N) is 2. The van der Waals surface area contributed by atoms with Crippen LogP contribution in [0, 0.1) is 11.3 Å². The molecule has 2 aromatic rings. The standard InChI is InChI=1S/C24H22BN3O8/c1-34-22(29)14-9-10-16(25(32)33)17(11-14)28-20(24(31)36-3)19(23(30)35-2)18(15(12-26)21(28)27)13-7-5-4-6-8-13/h4-11,18,32-33H,27H2,1-3H3. The van der Waals surface area contributed by atoms with Crippen molar-refractivity contribution >= 4 is 36.2 Å². The fraction of sp³-hybridized carbons (Fsp3) is 0.167. The minimum Gasteiger partial charge on any atom is -0.466 e. The van der Waals surface area contributed by atoms with Crippen molar-refractivity contribution in [3.8, 4) is 6.07 Å². The van der Waals surface area contributed by atoms with E-state index in [1.165, 1.54) is 18.2 Å². The van der Waals surface area contributed by atoms with E-state index in [0.29, 0.717) is 5.56 Å². The zero-order valence-electron chi connectivity index (χ0n) is 19.6. The van der Waals surface area contributed by atoms with Crippen LogP contribution in [0.15, 0.2) is 71.2 Å². The van der Waals surface area contributed by atoms with Crippen LogP contribution in [-0.2, 0) is 23.8 Å². The molecule has 0 aliphatic carbocycles. The first-order chi connectivity index (χ1) is 17.2. The van der Waals surface area contributed by atoms with Crippen LogP contribution in [0.5, 0.6) is 0 Å². The number of hydrogen-bond acceptors (Lipinski definition) is 11. The summed E-state index contributed by atoms with van der Waals surface area (Å²) in [6.07, 6.45) is 0. The number of nitriles is 1. The molecule has 0 aromatic heterocycles. The molecule has 3 rings (SSSR count). The van der Waals surface area contributed by atoms with Gasteiger partial charge in [0.15, 0.2) is 0 Å². The van der Waals surface area contributed by atoms with E-state index in [4.69, 9.17) is 19.9 Å². The molecule has 2 aromatic carbocycles. The fourth-order valence-electron chi connectivity index (χ4n) is 3.96. The second kappa shape index (κ2) is 10.8. The number of rotatable bonds is 6. The molecule has 0 saturated carbocycles. The van der Waals surface area contributed by atoms with Gasteiger partial charge in [-0.3, -0.25) is 4.90 Å². The Morgan fingerprint density at radius 3 is 2.11 bits per heavy atom.